The molecule has 0 saturated heterocycles. The number of rotatable bonds is 5. The lowest BCUT2D eigenvalue weighted by Gasteiger charge is -2.17. The number of nitrogens with one attached hydrogen (secondary N) is 1. The fourth-order valence-corrected chi connectivity index (χ4v) is 3.05. The van der Waals surface area contributed by atoms with Crippen LogP contribution in [-0.2, 0) is 4.79 Å². The highest BCUT2D eigenvalue weighted by molar-refractivity contribution is 6.30. The van der Waals surface area contributed by atoms with Crippen molar-refractivity contribution in [3.63, 3.8) is 0 Å². The van der Waals surface area contributed by atoms with Gasteiger partial charge in [0.1, 0.15) is 6.04 Å². The molecule has 3 N–H and O–H groups in total. The summed E-state index contributed by atoms with van der Waals surface area (Å²) in [7, 11) is 0. The van der Waals surface area contributed by atoms with E-state index in [-0.39, 0.29) is 18.0 Å². The molecule has 25 heavy (non-hydrogen) atoms. The first kappa shape index (κ1) is 17.5. The number of halogens is 1. The summed E-state index contributed by atoms with van der Waals surface area (Å²) >= 11 is 5.93. The van der Waals surface area contributed by atoms with E-state index in [1.165, 1.54) is 0 Å². The summed E-state index contributed by atoms with van der Waals surface area (Å²) in [6.07, 6.45) is 0. The van der Waals surface area contributed by atoms with Crippen molar-refractivity contribution in [3.05, 3.63) is 77.3 Å². The molecular weight excluding hydrogens is 332 g/mol. The summed E-state index contributed by atoms with van der Waals surface area (Å²) in [5, 5.41) is 8.06. The summed E-state index contributed by atoms with van der Waals surface area (Å²) in [5.41, 5.74) is 1.97. The maximum absolute atomic E-state index is 12.5. The Morgan fingerprint density at radius 3 is 2.36 bits per heavy atom. The van der Waals surface area contributed by atoms with Crippen LogP contribution in [0.4, 0.5) is 5.69 Å². The molecule has 0 aliphatic heterocycles. The van der Waals surface area contributed by atoms with E-state index in [0.29, 0.717) is 0 Å². The molecule has 3 nitrogen and oxygen atoms in total. The van der Waals surface area contributed by atoms with Crippen LogP contribution in [0.25, 0.3) is 10.8 Å². The van der Waals surface area contributed by atoms with E-state index in [0.717, 1.165) is 27.0 Å². The van der Waals surface area contributed by atoms with Crippen molar-refractivity contribution >= 4 is 34.0 Å². The van der Waals surface area contributed by atoms with Crippen LogP contribution in [0.3, 0.4) is 0 Å². The Morgan fingerprint density at radius 1 is 0.960 bits per heavy atom. The molecule has 4 heteroatoms. The van der Waals surface area contributed by atoms with Crippen molar-refractivity contribution in [2.45, 2.75) is 25.9 Å². The molecule has 3 aromatic rings. The van der Waals surface area contributed by atoms with E-state index in [4.69, 9.17) is 11.6 Å². The summed E-state index contributed by atoms with van der Waals surface area (Å²) in [6, 6.07) is 21.8. The Morgan fingerprint density at radius 2 is 1.64 bits per heavy atom. The van der Waals surface area contributed by atoms with E-state index in [1.54, 1.807) is 0 Å². The number of hydrogen-bond donors (Lipinski definition) is 2. The molecule has 0 aromatic heterocycles. The van der Waals surface area contributed by atoms with Gasteiger partial charge in [-0.25, -0.2) is 0 Å². The largest absolute Gasteiger partial charge is 0.330 e. The maximum atomic E-state index is 12.5. The number of nitrogens with two attached hydrogens (primary N) is 1. The number of fused-ring (bicyclic) bond motifs is 1. The van der Waals surface area contributed by atoms with Gasteiger partial charge in [0, 0.05) is 16.3 Å². The number of hydrogen-bond acceptors (Lipinski definition) is 1. The highest BCUT2D eigenvalue weighted by atomic mass is 35.5. The quantitative estimate of drug-likeness (QED) is 0.711. The van der Waals surface area contributed by atoms with E-state index < -0.39 is 0 Å². The van der Waals surface area contributed by atoms with Crippen molar-refractivity contribution < 1.29 is 10.1 Å². The summed E-state index contributed by atoms with van der Waals surface area (Å²) in [6.45, 7) is 4.01. The van der Waals surface area contributed by atoms with Gasteiger partial charge in [0.2, 0.25) is 0 Å². The Bertz CT molecular complexity index is 876. The molecule has 0 fully saturated rings. The predicted molar refractivity (Wildman–Crippen MR) is 104 cm³/mol. The van der Waals surface area contributed by atoms with Gasteiger partial charge in [0.05, 0.1) is 0 Å². The average Bonchev–Trinajstić information content (AvgIpc) is 2.62. The second-order valence-electron chi connectivity index (χ2n) is 6.37. The molecule has 0 aliphatic rings. The number of carbonyl (C=O) groups is 1. The zero-order chi connectivity index (χ0) is 17.8. The molecule has 3 aromatic carbocycles. The first-order valence-electron chi connectivity index (χ1n) is 8.43. The molecule has 0 aliphatic carbocycles. The van der Waals surface area contributed by atoms with E-state index >= 15 is 0 Å². The van der Waals surface area contributed by atoms with Gasteiger partial charge in [-0.1, -0.05) is 54.1 Å². The van der Waals surface area contributed by atoms with Crippen LogP contribution in [0.15, 0.2) is 66.7 Å². The second kappa shape index (κ2) is 7.68. The highest BCUT2D eigenvalue weighted by Gasteiger charge is 2.20. The van der Waals surface area contributed by atoms with E-state index in [9.17, 15) is 4.79 Å². The van der Waals surface area contributed by atoms with Gasteiger partial charge < -0.3 is 10.6 Å². The standard InChI is InChI=1S/C21H21ClN2O/c1-14(16-7-10-19(22)11-8-16)23-15(2)21(25)24-20-12-9-17-5-3-4-6-18(17)13-20/h3-15,23H,1-2H3,(H,24,25)/p+1/t14-,15-/m1/s1. The SMILES string of the molecule is C[C@@H]([NH2+][C@H](C)c1ccc(Cl)cc1)C(=O)Nc1ccc2ccccc2c1. The Hall–Kier alpha value is -2.36. The molecular formula is C21H22ClN2O+. The monoisotopic (exact) mass is 353 g/mol. The van der Waals surface area contributed by atoms with Crippen LogP contribution in [0, 0.1) is 0 Å². The Balaban J connectivity index is 1.64. The smallest absolute Gasteiger partial charge is 0.282 e. The molecule has 3 rings (SSSR count). The Labute approximate surface area is 153 Å². The van der Waals surface area contributed by atoms with Gasteiger partial charge in [-0.15, -0.1) is 0 Å². The molecule has 0 spiro atoms. The normalized spacial score (nSPS) is 13.4. The lowest BCUT2D eigenvalue weighted by atomic mass is 10.1. The zero-order valence-corrected chi connectivity index (χ0v) is 15.1. The van der Waals surface area contributed by atoms with Crippen molar-refractivity contribution in [3.8, 4) is 0 Å². The first-order valence-corrected chi connectivity index (χ1v) is 8.81. The van der Waals surface area contributed by atoms with Gasteiger partial charge in [-0.3, -0.25) is 4.79 Å². The fourth-order valence-electron chi connectivity index (χ4n) is 2.92. The zero-order valence-electron chi connectivity index (χ0n) is 14.4. The van der Waals surface area contributed by atoms with Gasteiger partial charge in [-0.2, -0.15) is 0 Å². The van der Waals surface area contributed by atoms with Crippen molar-refractivity contribution in [1.82, 2.24) is 0 Å². The Kier molecular flexibility index (Phi) is 5.37. The molecule has 2 atom stereocenters. The van der Waals surface area contributed by atoms with Crippen LogP contribution in [0.2, 0.25) is 5.02 Å². The lowest BCUT2D eigenvalue weighted by molar-refractivity contribution is -0.709. The molecule has 0 unspecified atom stereocenters. The first-order chi connectivity index (χ1) is 12.0. The molecule has 1 amide bonds. The van der Waals surface area contributed by atoms with Crippen LogP contribution in [0.5, 0.6) is 0 Å². The van der Waals surface area contributed by atoms with Crippen molar-refractivity contribution in [2.24, 2.45) is 0 Å². The average molecular weight is 354 g/mol. The third kappa shape index (κ3) is 4.38. The second-order valence-corrected chi connectivity index (χ2v) is 6.81. The van der Waals surface area contributed by atoms with Gasteiger partial charge in [-0.05, 0) is 48.9 Å². The minimum Gasteiger partial charge on any atom is -0.330 e. The number of quaternary nitrogens is 1. The van der Waals surface area contributed by atoms with Crippen molar-refractivity contribution in [1.29, 1.82) is 0 Å². The molecule has 0 radical (unpaired) electrons. The highest BCUT2D eigenvalue weighted by Crippen LogP contribution is 2.19. The third-order valence-corrected chi connectivity index (χ3v) is 4.66. The fraction of sp³-hybridized carbons (Fsp3) is 0.190. The number of carbonyl (C=O) groups excluding carboxylic acids is 1. The van der Waals surface area contributed by atoms with Crippen LogP contribution in [-0.4, -0.2) is 11.9 Å². The van der Waals surface area contributed by atoms with Gasteiger partial charge in [0.25, 0.3) is 5.91 Å². The molecule has 128 valence electrons. The summed E-state index contributed by atoms with van der Waals surface area (Å²) in [5.74, 6) is -0.00362. The summed E-state index contributed by atoms with van der Waals surface area (Å²) < 4.78 is 0. The van der Waals surface area contributed by atoms with Gasteiger partial charge in [0.15, 0.2) is 6.04 Å². The topological polar surface area (TPSA) is 45.7 Å². The van der Waals surface area contributed by atoms with Crippen LogP contribution in [0.1, 0.15) is 25.5 Å². The third-order valence-electron chi connectivity index (χ3n) is 4.40. The predicted octanol–water partition coefficient (Wildman–Crippen LogP) is 4.14. The van der Waals surface area contributed by atoms with E-state index in [1.807, 2.05) is 67.6 Å². The number of anilines is 1. The van der Waals surface area contributed by atoms with Crippen LogP contribution >= 0.6 is 11.6 Å². The van der Waals surface area contributed by atoms with Crippen molar-refractivity contribution in [2.75, 3.05) is 5.32 Å². The number of benzene rings is 3. The van der Waals surface area contributed by atoms with Gasteiger partial charge >= 0.3 is 0 Å². The number of amides is 1. The van der Waals surface area contributed by atoms with Crippen LogP contribution < -0.4 is 10.6 Å². The molecule has 0 heterocycles. The molecule has 0 saturated carbocycles. The van der Waals surface area contributed by atoms with E-state index in [2.05, 4.69) is 23.6 Å². The maximum Gasteiger partial charge on any atom is 0.282 e. The lowest BCUT2D eigenvalue weighted by Crippen LogP contribution is -2.91. The summed E-state index contributed by atoms with van der Waals surface area (Å²) in [4.78, 5) is 12.5. The minimum absolute atomic E-state index is 0.00362. The molecule has 0 bridgehead atoms. The minimum atomic E-state index is -0.197.